The third-order valence-electron chi connectivity index (χ3n) is 3.21. The molecule has 5 nitrogen and oxygen atoms in total. The van der Waals surface area contributed by atoms with Crippen molar-refractivity contribution in [2.45, 2.75) is 51.5 Å². The number of amides is 1. The first-order valence-corrected chi connectivity index (χ1v) is 5.53. The Balaban J connectivity index is 2.87. The first-order valence-electron chi connectivity index (χ1n) is 5.53. The molecule has 0 aliphatic carbocycles. The summed E-state index contributed by atoms with van der Waals surface area (Å²) in [4.78, 5) is 11.1. The first kappa shape index (κ1) is 13.4. The molecule has 1 fully saturated rings. The standard InChI is InChI=1S/C11H21NO4/c1-6-8(5-13)16-11(3,4)10(9(6)15)12-7(2)14/h6,8-10,13,15H,5H2,1-4H3,(H,12,14). The zero-order valence-electron chi connectivity index (χ0n) is 10.2. The Kier molecular flexibility index (Phi) is 3.93. The van der Waals surface area contributed by atoms with Crippen LogP contribution in [0, 0.1) is 5.92 Å². The van der Waals surface area contributed by atoms with E-state index in [1.807, 2.05) is 0 Å². The van der Waals surface area contributed by atoms with Crippen molar-refractivity contribution in [2.75, 3.05) is 6.61 Å². The summed E-state index contributed by atoms with van der Waals surface area (Å²) in [5.41, 5.74) is -0.689. The van der Waals surface area contributed by atoms with Crippen molar-refractivity contribution in [3.05, 3.63) is 0 Å². The fourth-order valence-electron chi connectivity index (χ4n) is 2.19. The number of rotatable bonds is 2. The first-order chi connectivity index (χ1) is 7.29. The molecule has 1 rings (SSSR count). The lowest BCUT2D eigenvalue weighted by atomic mass is 9.81. The number of carbonyl (C=O) groups excluding carboxylic acids is 1. The Morgan fingerprint density at radius 1 is 1.50 bits per heavy atom. The molecule has 4 atom stereocenters. The molecule has 5 heteroatoms. The quantitative estimate of drug-likeness (QED) is 0.607. The second-order valence-corrected chi connectivity index (χ2v) is 4.97. The molecule has 1 aliphatic rings. The van der Waals surface area contributed by atoms with Crippen molar-refractivity contribution in [2.24, 2.45) is 5.92 Å². The summed E-state index contributed by atoms with van der Waals surface area (Å²) >= 11 is 0. The maximum absolute atomic E-state index is 11.1. The average molecular weight is 231 g/mol. The summed E-state index contributed by atoms with van der Waals surface area (Å²) in [6, 6.07) is -0.456. The molecular formula is C11H21NO4. The van der Waals surface area contributed by atoms with E-state index < -0.39 is 23.9 Å². The van der Waals surface area contributed by atoms with E-state index in [-0.39, 0.29) is 18.4 Å². The van der Waals surface area contributed by atoms with Crippen LogP contribution in [-0.4, -0.2) is 46.6 Å². The minimum atomic E-state index is -0.718. The van der Waals surface area contributed by atoms with Crippen LogP contribution in [0.1, 0.15) is 27.7 Å². The zero-order valence-corrected chi connectivity index (χ0v) is 10.2. The van der Waals surface area contributed by atoms with E-state index in [0.29, 0.717) is 0 Å². The fraction of sp³-hybridized carbons (Fsp3) is 0.909. The molecule has 16 heavy (non-hydrogen) atoms. The molecule has 0 bridgehead atoms. The van der Waals surface area contributed by atoms with Gasteiger partial charge in [0.15, 0.2) is 0 Å². The summed E-state index contributed by atoms with van der Waals surface area (Å²) in [5, 5.41) is 22.0. The Bertz CT molecular complexity index is 267. The maximum atomic E-state index is 11.1. The number of aliphatic hydroxyl groups excluding tert-OH is 2. The minimum absolute atomic E-state index is 0.131. The highest BCUT2D eigenvalue weighted by atomic mass is 16.5. The largest absolute Gasteiger partial charge is 0.394 e. The minimum Gasteiger partial charge on any atom is -0.394 e. The van der Waals surface area contributed by atoms with Crippen LogP contribution in [0.15, 0.2) is 0 Å². The SMILES string of the molecule is CC(=O)NC1C(O)C(C)C(CO)OC1(C)C. The van der Waals surface area contributed by atoms with Crippen LogP contribution >= 0.6 is 0 Å². The predicted octanol–water partition coefficient (Wildman–Crippen LogP) is -0.342. The number of nitrogens with one attached hydrogen (secondary N) is 1. The Labute approximate surface area is 95.8 Å². The molecule has 94 valence electrons. The van der Waals surface area contributed by atoms with Gasteiger partial charge in [-0.15, -0.1) is 0 Å². The highest BCUT2D eigenvalue weighted by molar-refractivity contribution is 5.73. The lowest BCUT2D eigenvalue weighted by Crippen LogP contribution is -2.65. The van der Waals surface area contributed by atoms with Gasteiger partial charge in [0.1, 0.15) is 0 Å². The number of hydrogen-bond acceptors (Lipinski definition) is 4. The molecular weight excluding hydrogens is 210 g/mol. The molecule has 4 unspecified atom stereocenters. The number of hydrogen-bond donors (Lipinski definition) is 3. The second-order valence-electron chi connectivity index (χ2n) is 4.97. The second kappa shape index (κ2) is 4.69. The lowest BCUT2D eigenvalue weighted by Gasteiger charge is -2.48. The number of aliphatic hydroxyl groups is 2. The van der Waals surface area contributed by atoms with E-state index in [1.54, 1.807) is 20.8 Å². The summed E-state index contributed by atoms with van der Waals surface area (Å²) in [5.74, 6) is -0.412. The van der Waals surface area contributed by atoms with Crippen LogP contribution in [-0.2, 0) is 9.53 Å². The normalized spacial score (nSPS) is 38.1. The average Bonchev–Trinajstić information content (AvgIpc) is 2.18. The van der Waals surface area contributed by atoms with E-state index in [4.69, 9.17) is 9.84 Å². The van der Waals surface area contributed by atoms with Crippen molar-refractivity contribution in [1.29, 1.82) is 0 Å². The van der Waals surface area contributed by atoms with Gasteiger partial charge >= 0.3 is 0 Å². The molecule has 1 heterocycles. The molecule has 0 aromatic rings. The maximum Gasteiger partial charge on any atom is 0.217 e. The molecule has 3 N–H and O–H groups in total. The predicted molar refractivity (Wildman–Crippen MR) is 58.8 cm³/mol. The highest BCUT2D eigenvalue weighted by Crippen LogP contribution is 2.32. The smallest absolute Gasteiger partial charge is 0.217 e. The molecule has 0 radical (unpaired) electrons. The van der Waals surface area contributed by atoms with Gasteiger partial charge in [0, 0.05) is 12.8 Å². The van der Waals surface area contributed by atoms with E-state index in [2.05, 4.69) is 5.32 Å². The van der Waals surface area contributed by atoms with Crippen molar-refractivity contribution >= 4 is 5.91 Å². The molecule has 1 saturated heterocycles. The third-order valence-corrected chi connectivity index (χ3v) is 3.21. The van der Waals surface area contributed by atoms with Crippen LogP contribution < -0.4 is 5.32 Å². The molecule has 1 amide bonds. The Morgan fingerprint density at radius 2 is 2.06 bits per heavy atom. The van der Waals surface area contributed by atoms with E-state index in [9.17, 15) is 9.90 Å². The van der Waals surface area contributed by atoms with Gasteiger partial charge in [-0.2, -0.15) is 0 Å². The molecule has 0 aromatic carbocycles. The van der Waals surface area contributed by atoms with Gasteiger partial charge in [0.25, 0.3) is 0 Å². The van der Waals surface area contributed by atoms with Crippen LogP contribution in [0.5, 0.6) is 0 Å². The Hall–Kier alpha value is -0.650. The van der Waals surface area contributed by atoms with Crippen molar-refractivity contribution in [1.82, 2.24) is 5.32 Å². The summed E-state index contributed by atoms with van der Waals surface area (Å²) in [6.07, 6.45) is -1.11. The van der Waals surface area contributed by atoms with Crippen molar-refractivity contribution in [3.8, 4) is 0 Å². The van der Waals surface area contributed by atoms with Gasteiger partial charge < -0.3 is 20.3 Å². The number of carbonyl (C=O) groups is 1. The van der Waals surface area contributed by atoms with Gasteiger partial charge in [-0.3, -0.25) is 4.79 Å². The van der Waals surface area contributed by atoms with Crippen LogP contribution in [0.25, 0.3) is 0 Å². The molecule has 0 saturated carbocycles. The van der Waals surface area contributed by atoms with E-state index >= 15 is 0 Å². The van der Waals surface area contributed by atoms with Gasteiger partial charge in [0.2, 0.25) is 5.91 Å². The Morgan fingerprint density at radius 3 is 2.50 bits per heavy atom. The van der Waals surface area contributed by atoms with Gasteiger partial charge in [-0.25, -0.2) is 0 Å². The molecule has 0 spiro atoms. The zero-order chi connectivity index (χ0) is 12.5. The van der Waals surface area contributed by atoms with Crippen molar-refractivity contribution < 1.29 is 19.7 Å². The van der Waals surface area contributed by atoms with Crippen LogP contribution in [0.3, 0.4) is 0 Å². The topological polar surface area (TPSA) is 78.8 Å². The monoisotopic (exact) mass is 231 g/mol. The molecule has 1 aliphatic heterocycles. The summed E-state index contributed by atoms with van der Waals surface area (Å²) < 4.78 is 5.69. The van der Waals surface area contributed by atoms with E-state index in [0.717, 1.165) is 0 Å². The molecule has 0 aromatic heterocycles. The number of ether oxygens (including phenoxy) is 1. The summed E-state index contributed by atoms with van der Waals surface area (Å²) in [6.45, 7) is 6.67. The fourth-order valence-corrected chi connectivity index (χ4v) is 2.19. The van der Waals surface area contributed by atoms with Gasteiger partial charge in [0.05, 0.1) is 30.5 Å². The van der Waals surface area contributed by atoms with Crippen LogP contribution in [0.4, 0.5) is 0 Å². The summed E-state index contributed by atoms with van der Waals surface area (Å²) in [7, 11) is 0. The lowest BCUT2D eigenvalue weighted by molar-refractivity contribution is -0.202. The van der Waals surface area contributed by atoms with E-state index in [1.165, 1.54) is 6.92 Å². The van der Waals surface area contributed by atoms with Crippen molar-refractivity contribution in [3.63, 3.8) is 0 Å². The third kappa shape index (κ3) is 2.53. The van der Waals surface area contributed by atoms with Gasteiger partial charge in [-0.05, 0) is 13.8 Å². The van der Waals surface area contributed by atoms with Gasteiger partial charge in [-0.1, -0.05) is 6.92 Å². The van der Waals surface area contributed by atoms with Crippen LogP contribution in [0.2, 0.25) is 0 Å². The highest BCUT2D eigenvalue weighted by Gasteiger charge is 2.47.